The Morgan fingerprint density at radius 3 is 2.89 bits per heavy atom. The number of benzene rings is 1. The fraction of sp³-hybridized carbons (Fsp3) is 0.385. The van der Waals surface area contributed by atoms with Crippen LogP contribution in [0.15, 0.2) is 24.3 Å². The fourth-order valence-electron chi connectivity index (χ4n) is 1.47. The lowest BCUT2D eigenvalue weighted by molar-refractivity contribution is 0.302. The van der Waals surface area contributed by atoms with Gasteiger partial charge in [-0.1, -0.05) is 36.5 Å². The van der Waals surface area contributed by atoms with Gasteiger partial charge < -0.3 is 10.1 Å². The second kappa shape index (κ2) is 6.35. The van der Waals surface area contributed by atoms with Crippen LogP contribution < -0.4 is 10.1 Å². The number of ether oxygens (including phenoxy) is 1. The van der Waals surface area contributed by atoms with E-state index in [1.807, 2.05) is 31.2 Å². The van der Waals surface area contributed by atoms with Crippen molar-refractivity contribution < 1.29 is 4.74 Å². The van der Waals surface area contributed by atoms with Gasteiger partial charge in [-0.3, -0.25) is 0 Å². The zero-order valence-corrected chi connectivity index (χ0v) is 11.5. The number of para-hydroxylation sites is 1. The molecule has 2 rings (SSSR count). The van der Waals surface area contributed by atoms with Crippen molar-refractivity contribution in [1.82, 2.24) is 10.2 Å². The van der Waals surface area contributed by atoms with Gasteiger partial charge in [-0.25, -0.2) is 0 Å². The molecule has 0 atom stereocenters. The number of aryl methyl sites for hydroxylation is 1. The predicted octanol–water partition coefficient (Wildman–Crippen LogP) is 3.25. The molecule has 0 fully saturated rings. The van der Waals surface area contributed by atoms with Crippen molar-refractivity contribution in [3.8, 4) is 5.75 Å². The van der Waals surface area contributed by atoms with Crippen LogP contribution in [0.5, 0.6) is 5.75 Å². The van der Waals surface area contributed by atoms with Gasteiger partial charge in [0.25, 0.3) is 0 Å². The first-order valence-corrected chi connectivity index (χ1v) is 6.86. The summed E-state index contributed by atoms with van der Waals surface area (Å²) in [7, 11) is 0. The van der Waals surface area contributed by atoms with E-state index in [2.05, 4.69) is 22.4 Å². The second-order valence-corrected chi connectivity index (χ2v) is 5.04. The van der Waals surface area contributed by atoms with Crippen LogP contribution in [0, 0.1) is 6.92 Å². The monoisotopic (exact) mass is 263 g/mol. The lowest BCUT2D eigenvalue weighted by Gasteiger charge is -2.06. The molecule has 1 heterocycles. The Bertz CT molecular complexity index is 498. The second-order valence-electron chi connectivity index (χ2n) is 3.98. The van der Waals surface area contributed by atoms with Crippen molar-refractivity contribution in [1.29, 1.82) is 0 Å². The van der Waals surface area contributed by atoms with Crippen LogP contribution in [0.25, 0.3) is 0 Å². The number of nitrogens with zero attached hydrogens (tertiary/aromatic N) is 2. The summed E-state index contributed by atoms with van der Waals surface area (Å²) in [5.41, 5.74) is 1.13. The van der Waals surface area contributed by atoms with Gasteiger partial charge in [0.1, 0.15) is 12.4 Å². The molecule has 0 saturated carbocycles. The quantitative estimate of drug-likeness (QED) is 0.869. The van der Waals surface area contributed by atoms with E-state index in [-0.39, 0.29) is 0 Å². The zero-order chi connectivity index (χ0) is 12.8. The third kappa shape index (κ3) is 3.43. The van der Waals surface area contributed by atoms with Crippen molar-refractivity contribution in [2.75, 3.05) is 11.9 Å². The van der Waals surface area contributed by atoms with Crippen molar-refractivity contribution in [2.45, 2.75) is 26.9 Å². The summed E-state index contributed by atoms with van der Waals surface area (Å²) in [5, 5.41) is 13.1. The van der Waals surface area contributed by atoms with Crippen molar-refractivity contribution >= 4 is 16.5 Å². The minimum absolute atomic E-state index is 0.469. The molecule has 4 nitrogen and oxygen atoms in total. The number of hydrogen-bond acceptors (Lipinski definition) is 5. The molecule has 0 unspecified atom stereocenters. The van der Waals surface area contributed by atoms with Gasteiger partial charge in [-0.15, -0.1) is 10.2 Å². The first kappa shape index (κ1) is 12.8. The smallest absolute Gasteiger partial charge is 0.205 e. The molecule has 0 spiro atoms. The highest BCUT2D eigenvalue weighted by Gasteiger charge is 2.05. The number of hydrogen-bond donors (Lipinski definition) is 1. The number of aromatic nitrogens is 2. The van der Waals surface area contributed by atoms with Crippen LogP contribution in [0.1, 0.15) is 23.9 Å². The first-order chi connectivity index (χ1) is 8.79. The highest BCUT2D eigenvalue weighted by molar-refractivity contribution is 7.15. The molecule has 18 heavy (non-hydrogen) atoms. The van der Waals surface area contributed by atoms with Gasteiger partial charge in [0.2, 0.25) is 5.13 Å². The van der Waals surface area contributed by atoms with Crippen LogP contribution in [0.4, 0.5) is 5.13 Å². The highest BCUT2D eigenvalue weighted by Crippen LogP contribution is 2.20. The van der Waals surface area contributed by atoms with E-state index in [1.165, 1.54) is 11.3 Å². The van der Waals surface area contributed by atoms with Crippen molar-refractivity contribution in [2.24, 2.45) is 0 Å². The van der Waals surface area contributed by atoms with Crippen molar-refractivity contribution in [3.63, 3.8) is 0 Å². The summed E-state index contributed by atoms with van der Waals surface area (Å²) < 4.78 is 5.72. The molecule has 0 aliphatic rings. The summed E-state index contributed by atoms with van der Waals surface area (Å²) in [6, 6.07) is 7.97. The normalized spacial score (nSPS) is 10.3. The molecule has 0 saturated heterocycles. The lowest BCUT2D eigenvalue weighted by Crippen LogP contribution is -1.98. The Balaban J connectivity index is 1.90. The topological polar surface area (TPSA) is 47.0 Å². The maximum Gasteiger partial charge on any atom is 0.205 e. The Morgan fingerprint density at radius 2 is 2.11 bits per heavy atom. The van der Waals surface area contributed by atoms with E-state index in [9.17, 15) is 0 Å². The van der Waals surface area contributed by atoms with E-state index in [1.54, 1.807) is 0 Å². The standard InChI is InChI=1S/C13H17N3OS/c1-3-8-14-13-16-15-12(18-13)9-17-11-7-5-4-6-10(11)2/h4-7H,3,8-9H2,1-2H3,(H,14,16). The lowest BCUT2D eigenvalue weighted by atomic mass is 10.2. The number of anilines is 1. The maximum atomic E-state index is 5.72. The summed E-state index contributed by atoms with van der Waals surface area (Å²) in [6.45, 7) is 5.55. The van der Waals surface area contributed by atoms with Crippen LogP contribution >= 0.6 is 11.3 Å². The predicted molar refractivity (Wildman–Crippen MR) is 74.2 cm³/mol. The van der Waals surface area contributed by atoms with E-state index < -0.39 is 0 Å². The van der Waals surface area contributed by atoms with Gasteiger partial charge in [0.05, 0.1) is 0 Å². The Hall–Kier alpha value is -1.62. The summed E-state index contributed by atoms with van der Waals surface area (Å²) >= 11 is 1.54. The third-order valence-electron chi connectivity index (χ3n) is 2.44. The van der Waals surface area contributed by atoms with Crippen LogP contribution in [-0.4, -0.2) is 16.7 Å². The van der Waals surface area contributed by atoms with Crippen LogP contribution in [-0.2, 0) is 6.61 Å². The molecule has 0 bridgehead atoms. The van der Waals surface area contributed by atoms with E-state index in [0.29, 0.717) is 6.61 Å². The molecular weight excluding hydrogens is 246 g/mol. The molecule has 1 aromatic carbocycles. The third-order valence-corrected chi connectivity index (χ3v) is 3.29. The summed E-state index contributed by atoms with van der Waals surface area (Å²) in [6.07, 6.45) is 1.08. The maximum absolute atomic E-state index is 5.72. The number of rotatable bonds is 6. The largest absolute Gasteiger partial charge is 0.486 e. The Morgan fingerprint density at radius 1 is 1.28 bits per heavy atom. The summed E-state index contributed by atoms with van der Waals surface area (Å²) in [4.78, 5) is 0. The van der Waals surface area contributed by atoms with Crippen molar-refractivity contribution in [3.05, 3.63) is 34.8 Å². The molecule has 0 aliphatic heterocycles. The first-order valence-electron chi connectivity index (χ1n) is 6.04. The van der Waals surface area contributed by atoms with Crippen LogP contribution in [0.3, 0.4) is 0 Å². The van der Waals surface area contributed by atoms with Gasteiger partial charge in [0.15, 0.2) is 5.01 Å². The number of nitrogens with one attached hydrogen (secondary N) is 1. The van der Waals surface area contributed by atoms with Gasteiger partial charge in [0, 0.05) is 6.54 Å². The molecule has 1 aromatic heterocycles. The summed E-state index contributed by atoms with van der Waals surface area (Å²) in [5.74, 6) is 0.899. The Labute approximate surface area is 111 Å². The molecule has 2 aromatic rings. The molecule has 0 amide bonds. The molecule has 96 valence electrons. The van der Waals surface area contributed by atoms with Gasteiger partial charge >= 0.3 is 0 Å². The minimum Gasteiger partial charge on any atom is -0.486 e. The SMILES string of the molecule is CCCNc1nnc(COc2ccccc2C)s1. The molecule has 0 aliphatic carbocycles. The Kier molecular flexibility index (Phi) is 4.52. The van der Waals surface area contributed by atoms with E-state index in [0.717, 1.165) is 34.4 Å². The van der Waals surface area contributed by atoms with Gasteiger partial charge in [-0.05, 0) is 25.0 Å². The van der Waals surface area contributed by atoms with E-state index in [4.69, 9.17) is 4.74 Å². The molecule has 0 radical (unpaired) electrons. The van der Waals surface area contributed by atoms with Gasteiger partial charge in [-0.2, -0.15) is 0 Å². The zero-order valence-electron chi connectivity index (χ0n) is 10.6. The van der Waals surface area contributed by atoms with E-state index >= 15 is 0 Å². The molecule has 5 heteroatoms. The molecule has 1 N–H and O–H groups in total. The average Bonchev–Trinajstić information content (AvgIpc) is 2.83. The fourth-order valence-corrected chi connectivity index (χ4v) is 2.15. The average molecular weight is 263 g/mol. The highest BCUT2D eigenvalue weighted by atomic mass is 32.1. The molecular formula is C13H17N3OS. The minimum atomic E-state index is 0.469. The van der Waals surface area contributed by atoms with Crippen LogP contribution in [0.2, 0.25) is 0 Å².